The Balaban J connectivity index is 1.87. The fraction of sp³-hybridized carbons (Fsp3) is 0.318. The molecule has 1 saturated heterocycles. The summed E-state index contributed by atoms with van der Waals surface area (Å²) < 4.78 is 5.74. The van der Waals surface area contributed by atoms with Crippen LogP contribution in [0.25, 0.3) is 0 Å². The predicted molar refractivity (Wildman–Crippen MR) is 104 cm³/mol. The van der Waals surface area contributed by atoms with Gasteiger partial charge in [0.05, 0.1) is 18.6 Å². The first-order valence-corrected chi connectivity index (χ1v) is 9.23. The van der Waals surface area contributed by atoms with Gasteiger partial charge in [0.1, 0.15) is 24.4 Å². The van der Waals surface area contributed by atoms with Crippen LogP contribution in [0, 0.1) is 23.7 Å². The summed E-state index contributed by atoms with van der Waals surface area (Å²) in [6.07, 6.45) is 0.00876. The van der Waals surface area contributed by atoms with Crippen molar-refractivity contribution in [2.75, 3.05) is 0 Å². The molecule has 0 spiro atoms. The molecule has 0 radical (unpaired) electrons. The van der Waals surface area contributed by atoms with Crippen molar-refractivity contribution in [1.29, 1.82) is 5.26 Å². The van der Waals surface area contributed by atoms with Crippen LogP contribution in [-0.2, 0) is 11.2 Å². The number of aliphatic hydroxyl groups excluding tert-OH is 3. The molecular weight excluding hydrogens is 378 g/mol. The molecule has 0 unspecified atom stereocenters. The molecule has 3 N–H and O–H groups in total. The third-order valence-corrected chi connectivity index (χ3v) is 5.29. The minimum atomic E-state index is -1.41. The van der Waals surface area contributed by atoms with Gasteiger partial charge in [-0.05, 0) is 41.3 Å². The summed E-state index contributed by atoms with van der Waals surface area (Å²) in [4.78, 5) is 0. The lowest BCUT2D eigenvalue weighted by molar-refractivity contribution is -0.223. The van der Waals surface area contributed by atoms with Gasteiger partial charge in [-0.2, -0.15) is 5.26 Å². The third-order valence-electron chi connectivity index (χ3n) is 4.92. The van der Waals surface area contributed by atoms with Gasteiger partial charge in [-0.25, -0.2) is 0 Å². The van der Waals surface area contributed by atoms with E-state index in [9.17, 15) is 15.3 Å². The number of hydrogen-bond donors (Lipinski definition) is 3. The molecule has 5 nitrogen and oxygen atoms in total. The van der Waals surface area contributed by atoms with Gasteiger partial charge in [0.15, 0.2) is 0 Å². The van der Waals surface area contributed by atoms with E-state index in [0.29, 0.717) is 17.0 Å². The van der Waals surface area contributed by atoms with E-state index in [1.165, 1.54) is 0 Å². The molecule has 0 aromatic heterocycles. The smallest absolute Gasteiger partial charge is 0.113 e. The van der Waals surface area contributed by atoms with Crippen LogP contribution in [0.2, 0.25) is 5.02 Å². The number of benzene rings is 2. The zero-order valence-corrected chi connectivity index (χ0v) is 15.8. The highest BCUT2D eigenvalue weighted by molar-refractivity contribution is 6.31. The first kappa shape index (κ1) is 20.4. The fourth-order valence-corrected chi connectivity index (χ4v) is 3.52. The first-order chi connectivity index (χ1) is 13.4. The second-order valence-electron chi connectivity index (χ2n) is 6.80. The van der Waals surface area contributed by atoms with Crippen LogP contribution in [0.1, 0.15) is 34.8 Å². The number of ether oxygens (including phenoxy) is 1. The molecule has 3 rings (SSSR count). The summed E-state index contributed by atoms with van der Waals surface area (Å²) in [5.41, 5.74) is 3.24. The molecule has 5 atom stereocenters. The Morgan fingerprint density at radius 3 is 2.39 bits per heavy atom. The molecule has 0 amide bonds. The van der Waals surface area contributed by atoms with Crippen LogP contribution < -0.4 is 0 Å². The van der Waals surface area contributed by atoms with E-state index in [2.05, 4.69) is 5.92 Å². The molecular formula is C22H20ClNO4. The Kier molecular flexibility index (Phi) is 6.36. The Hall–Kier alpha value is -2.38. The van der Waals surface area contributed by atoms with Crippen LogP contribution in [-0.4, -0.2) is 39.7 Å². The average Bonchev–Trinajstić information content (AvgIpc) is 2.71. The second-order valence-corrected chi connectivity index (χ2v) is 7.21. The number of nitriles is 1. The highest BCUT2D eigenvalue weighted by atomic mass is 35.5. The van der Waals surface area contributed by atoms with Gasteiger partial charge in [-0.1, -0.05) is 41.8 Å². The largest absolute Gasteiger partial charge is 0.388 e. The van der Waals surface area contributed by atoms with Gasteiger partial charge in [0, 0.05) is 10.6 Å². The van der Waals surface area contributed by atoms with Crippen molar-refractivity contribution in [2.24, 2.45) is 0 Å². The van der Waals surface area contributed by atoms with Gasteiger partial charge >= 0.3 is 0 Å². The molecule has 2 aromatic carbocycles. The average molecular weight is 398 g/mol. The van der Waals surface area contributed by atoms with Crippen LogP contribution in [0.3, 0.4) is 0 Å². The third kappa shape index (κ3) is 4.20. The van der Waals surface area contributed by atoms with Crippen molar-refractivity contribution in [3.8, 4) is 18.4 Å². The minimum absolute atomic E-state index is 0.0938. The summed E-state index contributed by atoms with van der Waals surface area (Å²) in [7, 11) is 0. The quantitative estimate of drug-likeness (QED) is 0.688. The molecule has 2 aromatic rings. The number of hydrogen-bond acceptors (Lipinski definition) is 5. The molecule has 0 saturated carbocycles. The summed E-state index contributed by atoms with van der Waals surface area (Å²) in [5, 5.41) is 40.0. The zero-order chi connectivity index (χ0) is 20.3. The van der Waals surface area contributed by atoms with Crippen molar-refractivity contribution >= 4 is 11.6 Å². The van der Waals surface area contributed by atoms with Crippen LogP contribution in [0.4, 0.5) is 0 Å². The topological polar surface area (TPSA) is 93.7 Å². The van der Waals surface area contributed by atoms with E-state index in [4.69, 9.17) is 28.0 Å². The predicted octanol–water partition coefficient (Wildman–Crippen LogP) is 2.35. The van der Waals surface area contributed by atoms with Gasteiger partial charge in [0.2, 0.25) is 0 Å². The lowest BCUT2D eigenvalue weighted by Crippen LogP contribution is -2.54. The Bertz CT molecular complexity index is 916. The highest BCUT2D eigenvalue weighted by Crippen LogP contribution is 2.35. The van der Waals surface area contributed by atoms with E-state index in [1.807, 2.05) is 30.3 Å². The Morgan fingerprint density at radius 1 is 1.04 bits per heavy atom. The summed E-state index contributed by atoms with van der Waals surface area (Å²) in [5.74, 6) is 2.57. The highest BCUT2D eigenvalue weighted by Gasteiger charge is 2.44. The number of rotatable bonds is 4. The Labute approximate surface area is 168 Å². The van der Waals surface area contributed by atoms with Crippen molar-refractivity contribution in [1.82, 2.24) is 0 Å². The monoisotopic (exact) mass is 397 g/mol. The Morgan fingerprint density at radius 2 is 1.75 bits per heavy atom. The molecule has 1 aliphatic rings. The maximum Gasteiger partial charge on any atom is 0.113 e. The number of halogens is 1. The lowest BCUT2D eigenvalue weighted by Gasteiger charge is -2.40. The summed E-state index contributed by atoms with van der Waals surface area (Å²) in [6.45, 7) is 0. The molecule has 6 heteroatoms. The molecule has 144 valence electrons. The van der Waals surface area contributed by atoms with Crippen LogP contribution in [0.5, 0.6) is 0 Å². The number of terminal acetylenes is 1. The van der Waals surface area contributed by atoms with Crippen molar-refractivity contribution in [3.05, 3.63) is 69.7 Å². The first-order valence-electron chi connectivity index (χ1n) is 8.85. The second kappa shape index (κ2) is 8.75. The van der Waals surface area contributed by atoms with Gasteiger partial charge in [-0.3, -0.25) is 0 Å². The van der Waals surface area contributed by atoms with Gasteiger partial charge in [0.25, 0.3) is 0 Å². The number of aliphatic hydroxyl groups is 3. The van der Waals surface area contributed by atoms with E-state index in [1.54, 1.807) is 18.2 Å². The summed E-state index contributed by atoms with van der Waals surface area (Å²) >= 11 is 6.34. The lowest BCUT2D eigenvalue weighted by atomic mass is 9.89. The molecule has 1 fully saturated rings. The zero-order valence-electron chi connectivity index (χ0n) is 15.0. The SMILES string of the molecule is C#Cc1ccc(Cc2cc([C@@H]3O[C@H](CC#N)[C@@H](O)[C@H](O)[C@H]3O)ccc2Cl)cc1. The van der Waals surface area contributed by atoms with Crippen LogP contribution >= 0.6 is 11.6 Å². The van der Waals surface area contributed by atoms with Gasteiger partial charge < -0.3 is 20.1 Å². The minimum Gasteiger partial charge on any atom is -0.388 e. The van der Waals surface area contributed by atoms with Crippen molar-refractivity contribution < 1.29 is 20.1 Å². The molecule has 0 bridgehead atoms. The maximum absolute atomic E-state index is 10.4. The maximum atomic E-state index is 10.4. The fourth-order valence-electron chi connectivity index (χ4n) is 3.33. The standard InChI is InChI=1S/C22H20ClNO4/c1-2-13-3-5-14(6-4-13)11-16-12-15(7-8-17(16)23)22-21(27)20(26)19(25)18(28-22)9-10-24/h1,3-8,12,18-22,25-27H,9,11H2/t18-,19-,20+,21-,22+/m1/s1. The van der Waals surface area contributed by atoms with Crippen molar-refractivity contribution in [2.45, 2.75) is 43.4 Å². The van der Waals surface area contributed by atoms with E-state index in [-0.39, 0.29) is 6.42 Å². The van der Waals surface area contributed by atoms with Gasteiger partial charge in [-0.15, -0.1) is 6.42 Å². The van der Waals surface area contributed by atoms with E-state index < -0.39 is 30.5 Å². The molecule has 0 aliphatic carbocycles. The normalized spacial score (nSPS) is 27.0. The van der Waals surface area contributed by atoms with E-state index in [0.717, 1.165) is 16.7 Å². The van der Waals surface area contributed by atoms with Crippen LogP contribution in [0.15, 0.2) is 42.5 Å². The van der Waals surface area contributed by atoms with E-state index >= 15 is 0 Å². The molecule has 1 heterocycles. The molecule has 28 heavy (non-hydrogen) atoms. The van der Waals surface area contributed by atoms with Crippen molar-refractivity contribution in [3.63, 3.8) is 0 Å². The number of nitrogens with zero attached hydrogens (tertiary/aromatic N) is 1. The molecule has 1 aliphatic heterocycles. The summed E-state index contributed by atoms with van der Waals surface area (Å²) in [6, 6.07) is 14.7.